The van der Waals surface area contributed by atoms with Crippen molar-refractivity contribution in [1.29, 1.82) is 0 Å². The summed E-state index contributed by atoms with van der Waals surface area (Å²) >= 11 is 0. The van der Waals surface area contributed by atoms with E-state index in [1.54, 1.807) is 0 Å². The molecule has 1 aliphatic heterocycles. The van der Waals surface area contributed by atoms with Gasteiger partial charge in [0.15, 0.2) is 0 Å². The number of epoxide rings is 1. The third kappa shape index (κ3) is 4.43. The molecule has 1 aromatic carbocycles. The fourth-order valence-corrected chi connectivity index (χ4v) is 2.28. The topological polar surface area (TPSA) is 21.8 Å². The molecule has 1 aliphatic rings. The van der Waals surface area contributed by atoms with Crippen molar-refractivity contribution in [2.24, 2.45) is 0 Å². The zero-order chi connectivity index (χ0) is 12.7. The Morgan fingerprint density at radius 2 is 1.89 bits per heavy atom. The average molecular weight is 248 g/mol. The van der Waals surface area contributed by atoms with Gasteiger partial charge in [-0.2, -0.15) is 0 Å². The van der Waals surface area contributed by atoms with Crippen molar-refractivity contribution in [3.63, 3.8) is 0 Å². The highest BCUT2D eigenvalue weighted by molar-refractivity contribution is 5.13. The highest BCUT2D eigenvalue weighted by Crippen LogP contribution is 2.37. The Balaban J connectivity index is 1.54. The van der Waals surface area contributed by atoms with Crippen LogP contribution in [0.1, 0.15) is 44.6 Å². The van der Waals surface area contributed by atoms with Crippen molar-refractivity contribution in [2.45, 2.75) is 51.2 Å². The monoisotopic (exact) mass is 248 g/mol. The molecule has 2 rings (SSSR count). The van der Waals surface area contributed by atoms with Crippen LogP contribution in [-0.2, 0) is 16.1 Å². The Kier molecular flexibility index (Phi) is 5.21. The summed E-state index contributed by atoms with van der Waals surface area (Å²) in [5.41, 5.74) is 1.48. The van der Waals surface area contributed by atoms with E-state index in [9.17, 15) is 0 Å². The van der Waals surface area contributed by atoms with Gasteiger partial charge in [0, 0.05) is 6.61 Å². The Bertz CT molecular complexity index is 330. The van der Waals surface area contributed by atoms with E-state index in [0.29, 0.717) is 0 Å². The number of ether oxygens (including phenoxy) is 2. The summed E-state index contributed by atoms with van der Waals surface area (Å²) in [6.45, 7) is 4.76. The number of hydrogen-bond acceptors (Lipinski definition) is 2. The highest BCUT2D eigenvalue weighted by atomic mass is 16.6. The molecule has 1 heterocycles. The van der Waals surface area contributed by atoms with Gasteiger partial charge in [-0.1, -0.05) is 50.1 Å². The van der Waals surface area contributed by atoms with Crippen LogP contribution in [0.5, 0.6) is 0 Å². The van der Waals surface area contributed by atoms with Crippen molar-refractivity contribution in [3.05, 3.63) is 35.9 Å². The van der Waals surface area contributed by atoms with Gasteiger partial charge in [0.2, 0.25) is 0 Å². The van der Waals surface area contributed by atoms with Crippen molar-refractivity contribution in [1.82, 2.24) is 0 Å². The molecule has 18 heavy (non-hydrogen) atoms. The van der Waals surface area contributed by atoms with Crippen LogP contribution < -0.4 is 0 Å². The SMILES string of the molecule is CCCC[C@]1(CCCOCc2ccccc2)CO1. The lowest BCUT2D eigenvalue weighted by molar-refractivity contribution is 0.110. The van der Waals surface area contributed by atoms with Gasteiger partial charge < -0.3 is 9.47 Å². The normalized spacial score (nSPS) is 22.1. The van der Waals surface area contributed by atoms with Gasteiger partial charge in [-0.15, -0.1) is 0 Å². The second-order valence-corrected chi connectivity index (χ2v) is 5.22. The summed E-state index contributed by atoms with van der Waals surface area (Å²) < 4.78 is 11.3. The van der Waals surface area contributed by atoms with Gasteiger partial charge in [0.25, 0.3) is 0 Å². The van der Waals surface area contributed by atoms with Crippen LogP contribution in [0.4, 0.5) is 0 Å². The minimum absolute atomic E-state index is 0.228. The second kappa shape index (κ2) is 6.91. The molecular formula is C16H24O2. The molecule has 0 aromatic heterocycles. The summed E-state index contributed by atoms with van der Waals surface area (Å²) in [5.74, 6) is 0. The molecule has 1 atom stereocenters. The fourth-order valence-electron chi connectivity index (χ4n) is 2.28. The summed E-state index contributed by atoms with van der Waals surface area (Å²) in [4.78, 5) is 0. The molecule has 2 heteroatoms. The number of hydrogen-bond donors (Lipinski definition) is 0. The minimum Gasteiger partial charge on any atom is -0.377 e. The van der Waals surface area contributed by atoms with Crippen LogP contribution >= 0.6 is 0 Å². The molecule has 0 radical (unpaired) electrons. The lowest BCUT2D eigenvalue weighted by Crippen LogP contribution is -2.12. The quantitative estimate of drug-likeness (QED) is 0.487. The molecule has 0 amide bonds. The van der Waals surface area contributed by atoms with Gasteiger partial charge >= 0.3 is 0 Å². The van der Waals surface area contributed by atoms with Crippen LogP contribution in [0.25, 0.3) is 0 Å². The van der Waals surface area contributed by atoms with E-state index >= 15 is 0 Å². The molecule has 2 nitrogen and oxygen atoms in total. The summed E-state index contributed by atoms with van der Waals surface area (Å²) in [5, 5.41) is 0. The Labute approximate surface area is 110 Å². The smallest absolute Gasteiger partial charge is 0.0917 e. The van der Waals surface area contributed by atoms with E-state index in [4.69, 9.17) is 9.47 Å². The van der Waals surface area contributed by atoms with Crippen LogP contribution in [0.2, 0.25) is 0 Å². The first kappa shape index (κ1) is 13.6. The standard InChI is InChI=1S/C16H24O2/c1-2-3-10-16(14-18-16)11-7-12-17-13-15-8-5-4-6-9-15/h4-6,8-9H,2-3,7,10-14H2,1H3/t16-/m0/s1. The zero-order valence-corrected chi connectivity index (χ0v) is 11.4. The highest BCUT2D eigenvalue weighted by Gasteiger charge is 2.42. The summed E-state index contributed by atoms with van der Waals surface area (Å²) in [6.07, 6.45) is 6.03. The van der Waals surface area contributed by atoms with E-state index in [0.717, 1.165) is 32.7 Å². The van der Waals surface area contributed by atoms with Crippen LogP contribution in [0.3, 0.4) is 0 Å². The molecule has 0 saturated carbocycles. The fraction of sp³-hybridized carbons (Fsp3) is 0.625. The van der Waals surface area contributed by atoms with Crippen molar-refractivity contribution in [2.75, 3.05) is 13.2 Å². The maximum atomic E-state index is 5.69. The van der Waals surface area contributed by atoms with Gasteiger partial charge in [-0.05, 0) is 24.8 Å². The number of rotatable bonds is 9. The van der Waals surface area contributed by atoms with Crippen molar-refractivity contribution < 1.29 is 9.47 Å². The largest absolute Gasteiger partial charge is 0.377 e. The van der Waals surface area contributed by atoms with Gasteiger partial charge in [-0.25, -0.2) is 0 Å². The molecule has 1 saturated heterocycles. The Hall–Kier alpha value is -0.860. The lowest BCUT2D eigenvalue weighted by atomic mass is 9.98. The predicted octanol–water partition coefficient (Wildman–Crippen LogP) is 3.94. The average Bonchev–Trinajstić information content (AvgIpc) is 3.18. The first-order chi connectivity index (χ1) is 8.85. The molecule has 0 aliphatic carbocycles. The van der Waals surface area contributed by atoms with Crippen molar-refractivity contribution >= 4 is 0 Å². The molecule has 0 unspecified atom stereocenters. The molecule has 0 bridgehead atoms. The lowest BCUT2D eigenvalue weighted by Gasteiger charge is -2.11. The summed E-state index contributed by atoms with van der Waals surface area (Å²) in [7, 11) is 0. The van der Waals surface area contributed by atoms with Crippen LogP contribution in [-0.4, -0.2) is 18.8 Å². The molecule has 100 valence electrons. The maximum absolute atomic E-state index is 5.69. The molecule has 1 aromatic rings. The van der Waals surface area contributed by atoms with Crippen molar-refractivity contribution in [3.8, 4) is 0 Å². The second-order valence-electron chi connectivity index (χ2n) is 5.22. The third-order valence-electron chi connectivity index (χ3n) is 3.57. The zero-order valence-electron chi connectivity index (χ0n) is 11.4. The first-order valence-corrected chi connectivity index (χ1v) is 7.10. The number of unbranched alkanes of at least 4 members (excludes halogenated alkanes) is 1. The molecule has 0 N–H and O–H groups in total. The number of benzene rings is 1. The Morgan fingerprint density at radius 3 is 2.56 bits per heavy atom. The third-order valence-corrected chi connectivity index (χ3v) is 3.57. The predicted molar refractivity (Wildman–Crippen MR) is 73.5 cm³/mol. The van der Waals surface area contributed by atoms with Gasteiger partial charge in [0.05, 0.1) is 18.8 Å². The van der Waals surface area contributed by atoms with Gasteiger partial charge in [0.1, 0.15) is 0 Å². The van der Waals surface area contributed by atoms with E-state index in [-0.39, 0.29) is 5.60 Å². The molecule has 1 fully saturated rings. The van der Waals surface area contributed by atoms with E-state index < -0.39 is 0 Å². The van der Waals surface area contributed by atoms with E-state index in [1.165, 1.54) is 24.8 Å². The van der Waals surface area contributed by atoms with E-state index in [1.807, 2.05) is 6.07 Å². The van der Waals surface area contributed by atoms with Crippen LogP contribution in [0.15, 0.2) is 30.3 Å². The molecule has 0 spiro atoms. The van der Waals surface area contributed by atoms with Crippen LogP contribution in [0, 0.1) is 0 Å². The summed E-state index contributed by atoms with van der Waals surface area (Å²) in [6, 6.07) is 10.3. The first-order valence-electron chi connectivity index (χ1n) is 7.10. The molecular weight excluding hydrogens is 224 g/mol. The van der Waals surface area contributed by atoms with E-state index in [2.05, 4.69) is 31.2 Å². The Morgan fingerprint density at radius 1 is 1.17 bits per heavy atom. The maximum Gasteiger partial charge on any atom is 0.0917 e. The van der Waals surface area contributed by atoms with Gasteiger partial charge in [-0.3, -0.25) is 0 Å². The minimum atomic E-state index is 0.228.